The summed E-state index contributed by atoms with van der Waals surface area (Å²) in [6.07, 6.45) is 0.586. The van der Waals surface area contributed by atoms with Crippen LogP contribution in [0.5, 0.6) is 0 Å². The molecule has 0 aliphatic carbocycles. The van der Waals surface area contributed by atoms with Crippen molar-refractivity contribution in [2.45, 2.75) is 32.8 Å². The van der Waals surface area contributed by atoms with Gasteiger partial charge in [0, 0.05) is 17.9 Å². The molecule has 0 fully saturated rings. The van der Waals surface area contributed by atoms with Crippen LogP contribution >= 0.6 is 0 Å². The van der Waals surface area contributed by atoms with E-state index in [1.54, 1.807) is 0 Å². The molecular formula is C13H18N2O2. The van der Waals surface area contributed by atoms with Crippen molar-refractivity contribution in [2.75, 3.05) is 17.2 Å². The Morgan fingerprint density at radius 1 is 1.41 bits per heavy atom. The normalized spacial score (nSPS) is 13.8. The first-order chi connectivity index (χ1) is 7.94. The third-order valence-corrected chi connectivity index (χ3v) is 2.46. The summed E-state index contributed by atoms with van der Waals surface area (Å²) in [5.74, 6) is 0. The van der Waals surface area contributed by atoms with Crippen molar-refractivity contribution in [3.8, 4) is 0 Å². The van der Waals surface area contributed by atoms with Crippen LogP contribution in [-0.4, -0.2) is 18.2 Å². The minimum atomic E-state index is -0.470. The van der Waals surface area contributed by atoms with Crippen LogP contribution in [0.15, 0.2) is 18.2 Å². The highest BCUT2D eigenvalue weighted by atomic mass is 16.6. The molecule has 1 amide bonds. The number of benzene rings is 1. The first kappa shape index (κ1) is 11.8. The average Bonchev–Trinajstić information content (AvgIpc) is 2.61. The van der Waals surface area contributed by atoms with E-state index in [-0.39, 0.29) is 0 Å². The minimum absolute atomic E-state index is 0.414. The zero-order valence-corrected chi connectivity index (χ0v) is 10.5. The number of hydrogen-bond acceptors (Lipinski definition) is 3. The number of nitrogens with one attached hydrogen (secondary N) is 2. The highest BCUT2D eigenvalue weighted by Crippen LogP contribution is 2.25. The molecule has 0 atom stereocenters. The molecule has 0 radical (unpaired) electrons. The van der Waals surface area contributed by atoms with Gasteiger partial charge in [0.15, 0.2) is 0 Å². The van der Waals surface area contributed by atoms with E-state index in [0.29, 0.717) is 0 Å². The molecule has 4 nitrogen and oxygen atoms in total. The molecule has 0 saturated heterocycles. The van der Waals surface area contributed by atoms with Gasteiger partial charge in [0.05, 0.1) is 0 Å². The maximum Gasteiger partial charge on any atom is 0.412 e. The molecular weight excluding hydrogens is 216 g/mol. The van der Waals surface area contributed by atoms with E-state index in [9.17, 15) is 4.79 Å². The molecule has 0 saturated carbocycles. The Hall–Kier alpha value is -1.71. The second-order valence-electron chi connectivity index (χ2n) is 5.18. The molecule has 2 N–H and O–H groups in total. The molecule has 0 aromatic heterocycles. The second kappa shape index (κ2) is 4.28. The minimum Gasteiger partial charge on any atom is -0.444 e. The molecule has 2 rings (SSSR count). The summed E-state index contributed by atoms with van der Waals surface area (Å²) >= 11 is 0. The van der Waals surface area contributed by atoms with Crippen molar-refractivity contribution in [1.82, 2.24) is 0 Å². The zero-order chi connectivity index (χ0) is 12.5. The lowest BCUT2D eigenvalue weighted by atomic mass is 10.1. The van der Waals surface area contributed by atoms with Crippen LogP contribution in [0.25, 0.3) is 0 Å². The van der Waals surface area contributed by atoms with Crippen LogP contribution < -0.4 is 10.6 Å². The number of anilines is 2. The summed E-state index contributed by atoms with van der Waals surface area (Å²) in [6.45, 7) is 6.50. The van der Waals surface area contributed by atoms with E-state index in [2.05, 4.69) is 10.6 Å². The Bertz CT molecular complexity index is 436. The molecule has 0 spiro atoms. The number of carbonyl (C=O) groups is 1. The number of ether oxygens (including phenoxy) is 1. The fourth-order valence-electron chi connectivity index (χ4n) is 1.80. The fraction of sp³-hybridized carbons (Fsp3) is 0.462. The molecule has 1 aliphatic rings. The van der Waals surface area contributed by atoms with Gasteiger partial charge in [-0.25, -0.2) is 4.79 Å². The quantitative estimate of drug-likeness (QED) is 0.785. The first-order valence-corrected chi connectivity index (χ1v) is 5.81. The number of carbonyl (C=O) groups excluding carboxylic acids is 1. The maximum absolute atomic E-state index is 11.6. The van der Waals surface area contributed by atoms with Gasteiger partial charge in [0.1, 0.15) is 5.60 Å². The Balaban J connectivity index is 2.02. The van der Waals surface area contributed by atoms with Crippen molar-refractivity contribution in [1.29, 1.82) is 0 Å². The van der Waals surface area contributed by atoms with Crippen LogP contribution in [-0.2, 0) is 11.2 Å². The first-order valence-electron chi connectivity index (χ1n) is 5.81. The van der Waals surface area contributed by atoms with E-state index in [1.807, 2.05) is 39.0 Å². The summed E-state index contributed by atoms with van der Waals surface area (Å²) in [5.41, 5.74) is 2.70. The third kappa shape index (κ3) is 3.12. The standard InChI is InChI=1S/C13H18N2O2/c1-13(2,3)17-12(16)15-10-4-5-11-9(8-10)6-7-14-11/h4-5,8,14H,6-7H2,1-3H3,(H,15,16). The Kier molecular flexibility index (Phi) is 2.96. The molecule has 1 aromatic carbocycles. The van der Waals surface area contributed by atoms with Gasteiger partial charge in [0.25, 0.3) is 0 Å². The molecule has 1 heterocycles. The Labute approximate surface area is 101 Å². The molecule has 17 heavy (non-hydrogen) atoms. The molecule has 0 unspecified atom stereocenters. The van der Waals surface area contributed by atoms with Gasteiger partial charge in [-0.05, 0) is 51.0 Å². The number of rotatable bonds is 1. The summed E-state index contributed by atoms with van der Waals surface area (Å²) < 4.78 is 5.20. The molecule has 0 bridgehead atoms. The van der Waals surface area contributed by atoms with Crippen LogP contribution in [0.4, 0.5) is 16.2 Å². The predicted molar refractivity (Wildman–Crippen MR) is 68.5 cm³/mol. The number of hydrogen-bond donors (Lipinski definition) is 2. The van der Waals surface area contributed by atoms with E-state index >= 15 is 0 Å². The van der Waals surface area contributed by atoms with Crippen LogP contribution in [0.3, 0.4) is 0 Å². The highest BCUT2D eigenvalue weighted by molar-refractivity contribution is 5.85. The largest absolute Gasteiger partial charge is 0.444 e. The zero-order valence-electron chi connectivity index (χ0n) is 10.5. The monoisotopic (exact) mass is 234 g/mol. The second-order valence-corrected chi connectivity index (χ2v) is 5.18. The van der Waals surface area contributed by atoms with Gasteiger partial charge >= 0.3 is 6.09 Å². The lowest BCUT2D eigenvalue weighted by Gasteiger charge is -2.19. The van der Waals surface area contributed by atoms with E-state index in [0.717, 1.165) is 24.3 Å². The molecule has 92 valence electrons. The predicted octanol–water partition coefficient (Wildman–Crippen LogP) is 3.00. The Morgan fingerprint density at radius 2 is 2.18 bits per heavy atom. The van der Waals surface area contributed by atoms with Crippen molar-refractivity contribution in [3.05, 3.63) is 23.8 Å². The van der Waals surface area contributed by atoms with Crippen molar-refractivity contribution >= 4 is 17.5 Å². The number of fused-ring (bicyclic) bond motifs is 1. The highest BCUT2D eigenvalue weighted by Gasteiger charge is 2.17. The average molecular weight is 234 g/mol. The summed E-state index contributed by atoms with van der Waals surface area (Å²) in [5, 5.41) is 6.01. The van der Waals surface area contributed by atoms with Gasteiger partial charge in [-0.2, -0.15) is 0 Å². The van der Waals surface area contributed by atoms with E-state index in [1.165, 1.54) is 5.56 Å². The van der Waals surface area contributed by atoms with Gasteiger partial charge < -0.3 is 10.1 Å². The molecule has 1 aromatic rings. The molecule has 1 aliphatic heterocycles. The molecule has 4 heteroatoms. The van der Waals surface area contributed by atoms with Crippen LogP contribution in [0, 0.1) is 0 Å². The third-order valence-electron chi connectivity index (χ3n) is 2.46. The Morgan fingerprint density at radius 3 is 2.88 bits per heavy atom. The van der Waals surface area contributed by atoms with E-state index < -0.39 is 11.7 Å². The van der Waals surface area contributed by atoms with Gasteiger partial charge in [-0.3, -0.25) is 5.32 Å². The number of amides is 1. The summed E-state index contributed by atoms with van der Waals surface area (Å²) in [6, 6.07) is 5.84. The SMILES string of the molecule is CC(C)(C)OC(=O)Nc1ccc2c(c1)CCN2. The van der Waals surface area contributed by atoms with Crippen molar-refractivity contribution in [2.24, 2.45) is 0 Å². The summed E-state index contributed by atoms with van der Waals surface area (Å²) in [4.78, 5) is 11.6. The van der Waals surface area contributed by atoms with Gasteiger partial charge in [-0.15, -0.1) is 0 Å². The topological polar surface area (TPSA) is 50.4 Å². The lowest BCUT2D eigenvalue weighted by molar-refractivity contribution is 0.0636. The van der Waals surface area contributed by atoms with E-state index in [4.69, 9.17) is 4.74 Å². The van der Waals surface area contributed by atoms with Crippen LogP contribution in [0.1, 0.15) is 26.3 Å². The smallest absolute Gasteiger partial charge is 0.412 e. The van der Waals surface area contributed by atoms with Crippen molar-refractivity contribution < 1.29 is 9.53 Å². The maximum atomic E-state index is 11.6. The van der Waals surface area contributed by atoms with Crippen molar-refractivity contribution in [3.63, 3.8) is 0 Å². The van der Waals surface area contributed by atoms with Gasteiger partial charge in [0.2, 0.25) is 0 Å². The lowest BCUT2D eigenvalue weighted by Crippen LogP contribution is -2.27. The van der Waals surface area contributed by atoms with Crippen LogP contribution in [0.2, 0.25) is 0 Å². The summed E-state index contributed by atoms with van der Waals surface area (Å²) in [7, 11) is 0. The fourth-order valence-corrected chi connectivity index (χ4v) is 1.80. The van der Waals surface area contributed by atoms with Gasteiger partial charge in [-0.1, -0.05) is 0 Å².